The number of nitrogens with zero attached hydrogens (tertiary/aromatic N) is 2. The topological polar surface area (TPSA) is 32.8 Å². The second-order valence-electron chi connectivity index (χ2n) is 9.28. The molecule has 2 heterocycles. The van der Waals surface area contributed by atoms with Crippen molar-refractivity contribution in [3.8, 4) is 5.75 Å². The minimum atomic E-state index is 0.195. The number of fused-ring (bicyclic) bond motifs is 1. The molecule has 0 aromatic heterocycles. The van der Waals surface area contributed by atoms with Gasteiger partial charge in [0.15, 0.2) is 0 Å². The molecule has 0 unspecified atom stereocenters. The van der Waals surface area contributed by atoms with E-state index in [1.54, 1.807) is 6.92 Å². The van der Waals surface area contributed by atoms with Gasteiger partial charge in [0.05, 0.1) is 12.1 Å². The minimum absolute atomic E-state index is 0.195. The summed E-state index contributed by atoms with van der Waals surface area (Å²) in [7, 11) is 0. The molecule has 2 saturated heterocycles. The summed E-state index contributed by atoms with van der Waals surface area (Å²) in [6, 6.07) is 19.3. The molecule has 0 N–H and O–H groups in total. The minimum Gasteiger partial charge on any atom is -0.490 e. The fourth-order valence-electron chi connectivity index (χ4n) is 5.84. The number of para-hydroxylation sites is 1. The third-order valence-corrected chi connectivity index (χ3v) is 7.25. The first-order valence-corrected chi connectivity index (χ1v) is 11.5. The lowest BCUT2D eigenvalue weighted by molar-refractivity contribution is -0.130. The van der Waals surface area contributed by atoms with Crippen LogP contribution in [0.5, 0.6) is 5.75 Å². The van der Waals surface area contributed by atoms with E-state index >= 15 is 0 Å². The molecule has 2 aromatic carbocycles. The van der Waals surface area contributed by atoms with Crippen molar-refractivity contribution in [2.75, 3.05) is 19.6 Å². The molecule has 1 amide bonds. The maximum atomic E-state index is 12.3. The average molecular weight is 405 g/mol. The molecule has 4 nitrogen and oxygen atoms in total. The van der Waals surface area contributed by atoms with Gasteiger partial charge in [0.1, 0.15) is 5.75 Å². The van der Waals surface area contributed by atoms with Gasteiger partial charge in [-0.05, 0) is 43.2 Å². The maximum Gasteiger partial charge on any atom is 0.219 e. The van der Waals surface area contributed by atoms with Crippen molar-refractivity contribution in [3.63, 3.8) is 0 Å². The first kappa shape index (κ1) is 19.6. The van der Waals surface area contributed by atoms with Crippen molar-refractivity contribution in [1.82, 2.24) is 9.80 Å². The molecule has 2 aromatic rings. The Morgan fingerprint density at radius 2 is 1.70 bits per heavy atom. The predicted octanol–water partition coefficient (Wildman–Crippen LogP) is 4.66. The predicted molar refractivity (Wildman–Crippen MR) is 118 cm³/mol. The van der Waals surface area contributed by atoms with Crippen LogP contribution in [0.25, 0.3) is 0 Å². The summed E-state index contributed by atoms with van der Waals surface area (Å²) < 4.78 is 6.37. The number of ether oxygens (including phenoxy) is 1. The van der Waals surface area contributed by atoms with Crippen LogP contribution in [0.2, 0.25) is 0 Å². The number of benzene rings is 2. The van der Waals surface area contributed by atoms with Crippen molar-refractivity contribution in [2.45, 2.75) is 51.3 Å². The lowest BCUT2D eigenvalue weighted by Crippen LogP contribution is -2.34. The van der Waals surface area contributed by atoms with E-state index in [0.717, 1.165) is 31.9 Å². The van der Waals surface area contributed by atoms with E-state index in [-0.39, 0.29) is 11.9 Å². The Bertz CT molecular complexity index is 878. The molecule has 158 valence electrons. The van der Waals surface area contributed by atoms with Crippen LogP contribution >= 0.6 is 0 Å². The lowest BCUT2D eigenvalue weighted by atomic mass is 9.89. The molecule has 30 heavy (non-hydrogen) atoms. The van der Waals surface area contributed by atoms with Gasteiger partial charge in [-0.1, -0.05) is 48.5 Å². The van der Waals surface area contributed by atoms with Gasteiger partial charge in [0.25, 0.3) is 0 Å². The van der Waals surface area contributed by atoms with Gasteiger partial charge in [-0.2, -0.15) is 0 Å². The highest BCUT2D eigenvalue weighted by molar-refractivity contribution is 5.74. The Labute approximate surface area is 179 Å². The Hall–Kier alpha value is -2.33. The number of hydrogen-bond acceptors (Lipinski definition) is 3. The first-order valence-electron chi connectivity index (χ1n) is 11.5. The van der Waals surface area contributed by atoms with Gasteiger partial charge < -0.3 is 9.64 Å². The van der Waals surface area contributed by atoms with Crippen LogP contribution in [0, 0.1) is 11.8 Å². The van der Waals surface area contributed by atoms with E-state index in [1.165, 1.54) is 36.8 Å². The molecule has 0 radical (unpaired) electrons. The van der Waals surface area contributed by atoms with E-state index < -0.39 is 0 Å². The van der Waals surface area contributed by atoms with Crippen molar-refractivity contribution in [1.29, 1.82) is 0 Å². The summed E-state index contributed by atoms with van der Waals surface area (Å²) in [5.41, 5.74) is 2.57. The molecule has 3 aliphatic rings. The van der Waals surface area contributed by atoms with Gasteiger partial charge in [-0.3, -0.25) is 9.69 Å². The highest BCUT2D eigenvalue weighted by Crippen LogP contribution is 2.45. The molecule has 2 aliphatic heterocycles. The summed E-state index contributed by atoms with van der Waals surface area (Å²) >= 11 is 0. The van der Waals surface area contributed by atoms with Crippen molar-refractivity contribution in [2.24, 2.45) is 11.8 Å². The van der Waals surface area contributed by atoms with Crippen molar-refractivity contribution in [3.05, 3.63) is 65.7 Å². The second-order valence-corrected chi connectivity index (χ2v) is 9.28. The molecule has 4 heteroatoms. The molecular weight excluding hydrogens is 372 g/mol. The number of rotatable bonds is 5. The zero-order chi connectivity index (χ0) is 20.5. The van der Waals surface area contributed by atoms with Crippen LogP contribution in [0.3, 0.4) is 0 Å². The summed E-state index contributed by atoms with van der Waals surface area (Å²) in [6.45, 7) is 5.60. The van der Waals surface area contributed by atoms with Gasteiger partial charge in [-0.15, -0.1) is 0 Å². The number of amides is 1. The fraction of sp³-hybridized carbons (Fsp3) is 0.500. The monoisotopic (exact) mass is 404 g/mol. The fourth-order valence-corrected chi connectivity index (χ4v) is 5.84. The SMILES string of the molecule is CC(=O)N1C[C@H]2CN(Cc3ccccc3OC3CCCC3)C[C@H]2[C@H]1c1ccccc1. The number of carbonyl (C=O) groups excluding carboxylic acids is 1. The molecular formula is C26H32N2O2. The van der Waals surface area contributed by atoms with Crippen LogP contribution in [-0.2, 0) is 11.3 Å². The molecule has 3 atom stereocenters. The Morgan fingerprint density at radius 1 is 0.967 bits per heavy atom. The van der Waals surface area contributed by atoms with Crippen LogP contribution in [0.15, 0.2) is 54.6 Å². The number of carbonyl (C=O) groups is 1. The molecule has 0 bridgehead atoms. The molecule has 5 rings (SSSR count). The van der Waals surface area contributed by atoms with Gasteiger partial charge in [0.2, 0.25) is 5.91 Å². The summed E-state index contributed by atoms with van der Waals surface area (Å²) in [5, 5.41) is 0. The Morgan fingerprint density at radius 3 is 2.47 bits per heavy atom. The third-order valence-electron chi connectivity index (χ3n) is 7.25. The lowest BCUT2D eigenvalue weighted by Gasteiger charge is -2.29. The van der Waals surface area contributed by atoms with E-state index in [2.05, 4.69) is 64.4 Å². The van der Waals surface area contributed by atoms with E-state index in [4.69, 9.17) is 4.74 Å². The van der Waals surface area contributed by atoms with Crippen LogP contribution < -0.4 is 4.74 Å². The van der Waals surface area contributed by atoms with E-state index in [9.17, 15) is 4.79 Å². The summed E-state index contributed by atoms with van der Waals surface area (Å²) in [5.74, 6) is 2.30. The largest absolute Gasteiger partial charge is 0.490 e. The summed E-state index contributed by atoms with van der Waals surface area (Å²) in [4.78, 5) is 17.0. The molecule has 1 aliphatic carbocycles. The third kappa shape index (κ3) is 3.85. The Kier molecular flexibility index (Phi) is 5.51. The van der Waals surface area contributed by atoms with E-state index in [0.29, 0.717) is 17.9 Å². The van der Waals surface area contributed by atoms with E-state index in [1.807, 2.05) is 0 Å². The quantitative estimate of drug-likeness (QED) is 0.727. The van der Waals surface area contributed by atoms with Gasteiger partial charge in [-0.25, -0.2) is 0 Å². The van der Waals surface area contributed by atoms with Gasteiger partial charge >= 0.3 is 0 Å². The normalized spacial score (nSPS) is 26.8. The summed E-state index contributed by atoms with van der Waals surface area (Å²) in [6.07, 6.45) is 5.32. The van der Waals surface area contributed by atoms with Crippen LogP contribution in [-0.4, -0.2) is 41.4 Å². The smallest absolute Gasteiger partial charge is 0.219 e. The van der Waals surface area contributed by atoms with Crippen LogP contribution in [0.1, 0.15) is 49.8 Å². The standard InChI is InChI=1S/C26H32N2O2/c1-19(29)28-17-22-16-27(18-24(22)26(28)20-9-3-2-4-10-20)15-21-11-5-8-14-25(21)30-23-12-6-7-13-23/h2-5,8-11,14,22-24,26H,6-7,12-13,15-18H2,1H3/t22-,24-,26-/m1/s1. The second kappa shape index (κ2) is 8.43. The molecule has 1 saturated carbocycles. The molecule has 0 spiro atoms. The molecule has 3 fully saturated rings. The van der Waals surface area contributed by atoms with Crippen molar-refractivity contribution >= 4 is 5.91 Å². The zero-order valence-corrected chi connectivity index (χ0v) is 17.9. The zero-order valence-electron chi connectivity index (χ0n) is 17.9. The van der Waals surface area contributed by atoms with Gasteiger partial charge in [0, 0.05) is 44.6 Å². The van der Waals surface area contributed by atoms with Crippen molar-refractivity contribution < 1.29 is 9.53 Å². The highest BCUT2D eigenvalue weighted by Gasteiger charge is 2.48. The maximum absolute atomic E-state index is 12.3. The average Bonchev–Trinajstić information content (AvgIpc) is 3.46. The number of hydrogen-bond donors (Lipinski definition) is 0. The highest BCUT2D eigenvalue weighted by atomic mass is 16.5. The Balaban J connectivity index is 1.31. The number of likely N-dealkylation sites (tertiary alicyclic amines) is 2. The van der Waals surface area contributed by atoms with Crippen LogP contribution in [0.4, 0.5) is 0 Å². The first-order chi connectivity index (χ1) is 14.7.